The number of fused-ring (bicyclic) bond motifs is 2. The number of halogens is 1. The van der Waals surface area contributed by atoms with Crippen molar-refractivity contribution in [2.45, 2.75) is 24.4 Å². The summed E-state index contributed by atoms with van der Waals surface area (Å²) in [5, 5.41) is 9.87. The van der Waals surface area contributed by atoms with Gasteiger partial charge >= 0.3 is 0 Å². The van der Waals surface area contributed by atoms with E-state index >= 15 is 0 Å². The number of nitrogens with zero attached hydrogens (tertiary/aromatic N) is 3. The lowest BCUT2D eigenvalue weighted by molar-refractivity contribution is -0.134. The molecule has 2 N–H and O–H groups in total. The lowest BCUT2D eigenvalue weighted by Crippen LogP contribution is -2.43. The molecule has 0 aliphatic carbocycles. The van der Waals surface area contributed by atoms with Crippen LogP contribution in [0.25, 0.3) is 0 Å². The molecular weight excluding hydrogens is 415 g/mol. The second-order valence-corrected chi connectivity index (χ2v) is 7.60. The normalized spacial score (nSPS) is 21.0. The van der Waals surface area contributed by atoms with Crippen LogP contribution in [0.15, 0.2) is 67.3 Å². The van der Waals surface area contributed by atoms with E-state index in [2.05, 4.69) is 10.3 Å². The molecule has 5 rings (SSSR count). The molecule has 164 valence electrons. The second kappa shape index (κ2) is 8.62. The van der Waals surface area contributed by atoms with Gasteiger partial charge in [-0.2, -0.15) is 0 Å². The van der Waals surface area contributed by atoms with Crippen molar-refractivity contribution in [2.24, 2.45) is 0 Å². The molecule has 1 fully saturated rings. The summed E-state index contributed by atoms with van der Waals surface area (Å²) in [5.41, 5.74) is 1.51. The highest BCUT2D eigenvalue weighted by atomic mass is 19.1. The van der Waals surface area contributed by atoms with Gasteiger partial charge in [0.25, 0.3) is 6.47 Å². The lowest BCUT2D eigenvalue weighted by atomic mass is 9.72. The average Bonchev–Trinajstić information content (AvgIpc) is 3.49. The topological polar surface area (TPSA) is 105 Å². The summed E-state index contributed by atoms with van der Waals surface area (Å²) in [5.74, 6) is -0.578. The molecule has 2 atom stereocenters. The Morgan fingerprint density at radius 1 is 1.25 bits per heavy atom. The molecule has 32 heavy (non-hydrogen) atoms. The van der Waals surface area contributed by atoms with E-state index in [1.165, 1.54) is 12.1 Å². The van der Waals surface area contributed by atoms with Gasteiger partial charge in [0.1, 0.15) is 17.8 Å². The predicted octanol–water partition coefficient (Wildman–Crippen LogP) is 2.59. The van der Waals surface area contributed by atoms with Crippen molar-refractivity contribution >= 4 is 24.0 Å². The van der Waals surface area contributed by atoms with Gasteiger partial charge in [0, 0.05) is 24.6 Å². The number of anilines is 1. The Hall–Kier alpha value is -4.01. The SMILES string of the molecule is O=C(Cn1ccnc1)N1CC[C@]2(C(=O)Nc3ccccc32)[C@@H]1c1ccc(F)cc1.O=CO. The van der Waals surface area contributed by atoms with E-state index in [0.29, 0.717) is 13.0 Å². The number of imidazole rings is 1. The first-order valence-corrected chi connectivity index (χ1v) is 10.0. The number of hydrogen-bond acceptors (Lipinski definition) is 4. The number of aromatic nitrogens is 2. The minimum atomic E-state index is -0.890. The number of carbonyl (C=O) groups is 3. The largest absolute Gasteiger partial charge is 0.483 e. The van der Waals surface area contributed by atoms with Crippen LogP contribution in [0.1, 0.15) is 23.6 Å². The number of rotatable bonds is 3. The molecule has 1 saturated heterocycles. The first-order valence-electron chi connectivity index (χ1n) is 10.0. The van der Waals surface area contributed by atoms with E-state index < -0.39 is 11.5 Å². The van der Waals surface area contributed by atoms with E-state index in [4.69, 9.17) is 9.90 Å². The zero-order chi connectivity index (χ0) is 22.7. The third-order valence-electron chi connectivity index (χ3n) is 5.97. The molecule has 0 saturated carbocycles. The summed E-state index contributed by atoms with van der Waals surface area (Å²) in [6.45, 7) is 0.328. The maximum atomic E-state index is 13.6. The summed E-state index contributed by atoms with van der Waals surface area (Å²) < 4.78 is 15.3. The Balaban J connectivity index is 0.000000775. The first kappa shape index (κ1) is 21.2. The zero-order valence-electron chi connectivity index (χ0n) is 17.0. The van der Waals surface area contributed by atoms with Crippen molar-refractivity contribution in [1.29, 1.82) is 0 Å². The molecule has 2 aliphatic heterocycles. The number of likely N-dealkylation sites (tertiary alicyclic amines) is 1. The van der Waals surface area contributed by atoms with Crippen LogP contribution in [0, 0.1) is 5.82 Å². The number of hydrogen-bond donors (Lipinski definition) is 2. The van der Waals surface area contributed by atoms with Crippen molar-refractivity contribution < 1.29 is 23.9 Å². The third-order valence-corrected chi connectivity index (χ3v) is 5.97. The lowest BCUT2D eigenvalue weighted by Gasteiger charge is -2.34. The average molecular weight is 436 g/mol. The highest BCUT2D eigenvalue weighted by molar-refractivity contribution is 6.07. The van der Waals surface area contributed by atoms with E-state index in [-0.39, 0.29) is 30.6 Å². The maximum Gasteiger partial charge on any atom is 0.290 e. The fraction of sp³-hybridized carbons (Fsp3) is 0.217. The van der Waals surface area contributed by atoms with E-state index in [1.54, 1.807) is 40.3 Å². The van der Waals surface area contributed by atoms with Crippen molar-refractivity contribution in [3.8, 4) is 0 Å². The van der Waals surface area contributed by atoms with E-state index in [9.17, 15) is 14.0 Å². The highest BCUT2D eigenvalue weighted by Gasteiger charge is 2.59. The number of carbonyl (C=O) groups excluding carboxylic acids is 2. The maximum absolute atomic E-state index is 13.6. The number of nitrogens with one attached hydrogen (secondary N) is 1. The number of benzene rings is 2. The monoisotopic (exact) mass is 436 g/mol. The molecule has 0 unspecified atom stereocenters. The van der Waals surface area contributed by atoms with Crippen LogP contribution < -0.4 is 5.32 Å². The molecule has 0 radical (unpaired) electrons. The molecule has 2 aliphatic rings. The van der Waals surface area contributed by atoms with Gasteiger partial charge in [-0.1, -0.05) is 30.3 Å². The minimum absolute atomic E-state index is 0.105. The van der Waals surface area contributed by atoms with Crippen LogP contribution in [0.2, 0.25) is 0 Å². The van der Waals surface area contributed by atoms with Gasteiger partial charge in [-0.3, -0.25) is 14.4 Å². The number of carboxylic acid groups (broad SMARTS) is 1. The van der Waals surface area contributed by atoms with Crippen LogP contribution >= 0.6 is 0 Å². The Morgan fingerprint density at radius 2 is 1.97 bits per heavy atom. The molecule has 2 amide bonds. The quantitative estimate of drug-likeness (QED) is 0.614. The van der Waals surface area contributed by atoms with Gasteiger partial charge < -0.3 is 19.9 Å². The Kier molecular flexibility index (Phi) is 5.72. The summed E-state index contributed by atoms with van der Waals surface area (Å²) >= 11 is 0. The second-order valence-electron chi connectivity index (χ2n) is 7.60. The van der Waals surface area contributed by atoms with Crippen molar-refractivity contribution in [2.75, 3.05) is 11.9 Å². The molecule has 8 nitrogen and oxygen atoms in total. The molecular formula is C23H21FN4O4. The van der Waals surface area contributed by atoms with Crippen molar-refractivity contribution in [1.82, 2.24) is 14.5 Å². The molecule has 1 aromatic heterocycles. The van der Waals surface area contributed by atoms with Gasteiger partial charge in [-0.05, 0) is 35.7 Å². The van der Waals surface area contributed by atoms with Crippen LogP contribution in [0.3, 0.4) is 0 Å². The highest BCUT2D eigenvalue weighted by Crippen LogP contribution is 2.54. The molecule has 1 spiro atoms. The summed E-state index contributed by atoms with van der Waals surface area (Å²) in [7, 11) is 0. The summed E-state index contributed by atoms with van der Waals surface area (Å²) in [6.07, 6.45) is 5.45. The van der Waals surface area contributed by atoms with E-state index in [1.807, 2.05) is 24.3 Å². The van der Waals surface area contributed by atoms with Gasteiger partial charge in [0.2, 0.25) is 11.8 Å². The van der Waals surface area contributed by atoms with Crippen LogP contribution in [-0.4, -0.2) is 44.4 Å². The molecule has 2 aromatic carbocycles. The summed E-state index contributed by atoms with van der Waals surface area (Å²) in [6, 6.07) is 13.2. The van der Waals surface area contributed by atoms with Crippen molar-refractivity contribution in [3.63, 3.8) is 0 Å². The predicted molar refractivity (Wildman–Crippen MR) is 113 cm³/mol. The molecule has 9 heteroatoms. The van der Waals surface area contributed by atoms with Crippen molar-refractivity contribution in [3.05, 3.63) is 84.2 Å². The van der Waals surface area contributed by atoms with Gasteiger partial charge in [0.15, 0.2) is 0 Å². The summed E-state index contributed by atoms with van der Waals surface area (Å²) in [4.78, 5) is 40.5. The molecule has 3 aromatic rings. The zero-order valence-corrected chi connectivity index (χ0v) is 17.0. The molecule has 0 bridgehead atoms. The Labute approximate surface area is 183 Å². The van der Waals surface area contributed by atoms with Gasteiger partial charge in [-0.15, -0.1) is 0 Å². The standard InChI is InChI=1S/C22H19FN4O2.CH2O2/c23-16-7-5-15(6-8-16)20-22(17-3-1-2-4-18(17)25-21(22)29)9-11-27(20)19(28)13-26-12-10-24-14-26;2-1-3/h1-8,10,12,14,20H,9,11,13H2,(H,25,29);1H,(H,2,3)/t20-,22+;/m0./s1. The van der Waals surface area contributed by atoms with Crippen LogP contribution in [0.5, 0.6) is 0 Å². The minimum Gasteiger partial charge on any atom is -0.483 e. The van der Waals surface area contributed by atoms with E-state index in [0.717, 1.165) is 16.8 Å². The fourth-order valence-electron chi connectivity index (χ4n) is 4.69. The fourth-order valence-corrected chi connectivity index (χ4v) is 4.69. The Bertz CT molecular complexity index is 1130. The molecule has 3 heterocycles. The van der Waals surface area contributed by atoms with Crippen LogP contribution in [0.4, 0.5) is 10.1 Å². The van der Waals surface area contributed by atoms with Gasteiger partial charge in [-0.25, -0.2) is 9.37 Å². The number of amides is 2. The first-order chi connectivity index (χ1) is 15.5. The Morgan fingerprint density at radius 3 is 2.66 bits per heavy atom. The number of para-hydroxylation sites is 1. The van der Waals surface area contributed by atoms with Gasteiger partial charge in [0.05, 0.1) is 12.4 Å². The van der Waals surface area contributed by atoms with Crippen LogP contribution in [-0.2, 0) is 26.3 Å². The third kappa shape index (κ3) is 3.51. The smallest absolute Gasteiger partial charge is 0.290 e.